The number of methoxy groups -OCH3 is 1. The molecule has 4 rings (SSSR count). The molecule has 1 N–H and O–H groups in total. The number of carbonyl (C=O) groups is 1. The fraction of sp³-hybridized carbons (Fsp3) is 0.379. The van der Waals surface area contributed by atoms with Crippen LogP contribution >= 0.6 is 0 Å². The second-order valence-electron chi connectivity index (χ2n) is 9.93. The molecule has 0 aliphatic carbocycles. The summed E-state index contributed by atoms with van der Waals surface area (Å²) < 4.78 is 25.6. The lowest BCUT2D eigenvalue weighted by atomic mass is 9.94. The molecule has 2 atom stereocenters. The van der Waals surface area contributed by atoms with Crippen LogP contribution in [0, 0.1) is 0 Å². The SMILES string of the molecule is CCOC(=O)c1cc2c(c(-c3cccc(-c4cccc(OC)c4)c3)n1)[C@@H](CCO)N(S(=O)C(C)(C)C)C2. The molecule has 7 nitrogen and oxygen atoms in total. The van der Waals surface area contributed by atoms with Crippen molar-refractivity contribution in [3.05, 3.63) is 71.4 Å². The Morgan fingerprint density at radius 3 is 2.43 bits per heavy atom. The predicted molar refractivity (Wildman–Crippen MR) is 145 cm³/mol. The van der Waals surface area contributed by atoms with Gasteiger partial charge in [0.1, 0.15) is 22.4 Å². The average molecular weight is 523 g/mol. The predicted octanol–water partition coefficient (Wildman–Crippen LogP) is 5.30. The summed E-state index contributed by atoms with van der Waals surface area (Å²) in [6.45, 7) is 8.13. The number of rotatable bonds is 8. The molecule has 0 radical (unpaired) electrons. The van der Waals surface area contributed by atoms with Crippen LogP contribution in [0.15, 0.2) is 54.6 Å². The maximum atomic E-state index is 13.5. The lowest BCUT2D eigenvalue weighted by molar-refractivity contribution is 0.0519. The van der Waals surface area contributed by atoms with E-state index in [-0.39, 0.29) is 24.9 Å². The van der Waals surface area contributed by atoms with E-state index in [0.717, 1.165) is 33.6 Å². The van der Waals surface area contributed by atoms with E-state index in [4.69, 9.17) is 14.5 Å². The Labute approximate surface area is 221 Å². The van der Waals surface area contributed by atoms with Gasteiger partial charge in [0.25, 0.3) is 0 Å². The Hall–Kier alpha value is -3.07. The van der Waals surface area contributed by atoms with Crippen LogP contribution in [-0.2, 0) is 22.3 Å². The van der Waals surface area contributed by atoms with Crippen LogP contribution in [0.25, 0.3) is 22.4 Å². The molecule has 1 aliphatic rings. The maximum absolute atomic E-state index is 13.5. The number of hydrogen-bond donors (Lipinski definition) is 1. The molecule has 37 heavy (non-hydrogen) atoms. The van der Waals surface area contributed by atoms with Gasteiger partial charge in [-0.25, -0.2) is 18.3 Å². The highest BCUT2D eigenvalue weighted by Crippen LogP contribution is 2.44. The van der Waals surface area contributed by atoms with Gasteiger partial charge in [-0.3, -0.25) is 0 Å². The summed E-state index contributed by atoms with van der Waals surface area (Å²) in [6, 6.07) is 17.2. The van der Waals surface area contributed by atoms with Gasteiger partial charge in [0, 0.05) is 24.3 Å². The third-order valence-electron chi connectivity index (χ3n) is 6.31. The monoisotopic (exact) mass is 522 g/mol. The molecule has 1 aliphatic heterocycles. The van der Waals surface area contributed by atoms with Gasteiger partial charge in [0.15, 0.2) is 0 Å². The van der Waals surface area contributed by atoms with E-state index in [1.165, 1.54) is 0 Å². The Balaban J connectivity index is 1.89. The van der Waals surface area contributed by atoms with E-state index in [9.17, 15) is 14.1 Å². The van der Waals surface area contributed by atoms with Gasteiger partial charge in [0.2, 0.25) is 0 Å². The van der Waals surface area contributed by atoms with Crippen LogP contribution in [0.1, 0.15) is 61.8 Å². The van der Waals surface area contributed by atoms with Gasteiger partial charge in [-0.1, -0.05) is 30.3 Å². The third kappa shape index (κ3) is 5.61. The topological polar surface area (TPSA) is 89.0 Å². The second kappa shape index (κ2) is 11.1. The van der Waals surface area contributed by atoms with Crippen molar-refractivity contribution in [2.45, 2.75) is 51.4 Å². The molecule has 1 aromatic heterocycles. The lowest BCUT2D eigenvalue weighted by Crippen LogP contribution is -2.36. The number of carbonyl (C=O) groups excluding carboxylic acids is 1. The maximum Gasteiger partial charge on any atom is 0.356 e. The molecular formula is C29H34N2O5S. The number of nitrogens with zero attached hydrogens (tertiary/aromatic N) is 2. The summed E-state index contributed by atoms with van der Waals surface area (Å²) in [5, 5.41) is 9.94. The van der Waals surface area contributed by atoms with Gasteiger partial charge in [-0.05, 0) is 75.1 Å². The van der Waals surface area contributed by atoms with Crippen molar-refractivity contribution in [1.82, 2.24) is 9.29 Å². The van der Waals surface area contributed by atoms with Crippen molar-refractivity contribution >= 4 is 17.0 Å². The number of ether oxygens (including phenoxy) is 2. The van der Waals surface area contributed by atoms with Crippen LogP contribution in [0.4, 0.5) is 0 Å². The van der Waals surface area contributed by atoms with Gasteiger partial charge in [-0.2, -0.15) is 0 Å². The average Bonchev–Trinajstić information content (AvgIpc) is 3.25. The number of aliphatic hydroxyl groups is 1. The van der Waals surface area contributed by atoms with Crippen LogP contribution in [0.2, 0.25) is 0 Å². The first-order chi connectivity index (χ1) is 17.7. The van der Waals surface area contributed by atoms with E-state index in [0.29, 0.717) is 18.7 Å². The van der Waals surface area contributed by atoms with Gasteiger partial charge >= 0.3 is 5.97 Å². The normalized spacial score (nSPS) is 16.3. The number of pyridine rings is 1. The summed E-state index contributed by atoms with van der Waals surface area (Å²) in [6.07, 6.45) is 0.401. The molecule has 8 heteroatoms. The zero-order valence-electron chi connectivity index (χ0n) is 22.0. The molecule has 196 valence electrons. The number of hydrogen-bond acceptors (Lipinski definition) is 6. The molecule has 0 spiro atoms. The zero-order chi connectivity index (χ0) is 26.7. The van der Waals surface area contributed by atoms with Gasteiger partial charge in [0.05, 0.1) is 30.2 Å². The molecule has 1 unspecified atom stereocenters. The van der Waals surface area contributed by atoms with Crippen molar-refractivity contribution in [1.29, 1.82) is 0 Å². The number of aliphatic hydroxyl groups excluding tert-OH is 1. The molecule has 2 heterocycles. The van der Waals surface area contributed by atoms with Crippen molar-refractivity contribution in [3.8, 4) is 28.1 Å². The van der Waals surface area contributed by atoms with E-state index >= 15 is 0 Å². The molecule has 0 amide bonds. The van der Waals surface area contributed by atoms with E-state index in [1.54, 1.807) is 20.1 Å². The minimum Gasteiger partial charge on any atom is -0.497 e. The third-order valence-corrected chi connectivity index (χ3v) is 8.17. The highest BCUT2D eigenvalue weighted by atomic mass is 32.2. The number of aromatic nitrogens is 1. The van der Waals surface area contributed by atoms with Gasteiger partial charge in [-0.15, -0.1) is 0 Å². The fourth-order valence-corrected chi connectivity index (χ4v) is 6.05. The van der Waals surface area contributed by atoms with Gasteiger partial charge < -0.3 is 14.6 Å². The molecule has 3 aromatic rings. The lowest BCUT2D eigenvalue weighted by Gasteiger charge is -2.30. The Morgan fingerprint density at radius 1 is 1.11 bits per heavy atom. The smallest absolute Gasteiger partial charge is 0.356 e. The molecule has 2 aromatic carbocycles. The molecular weight excluding hydrogens is 488 g/mol. The summed E-state index contributed by atoms with van der Waals surface area (Å²) in [5.41, 5.74) is 5.40. The zero-order valence-corrected chi connectivity index (χ0v) is 22.8. The first kappa shape index (κ1) is 27.0. The summed E-state index contributed by atoms with van der Waals surface area (Å²) in [7, 11) is 0.308. The first-order valence-corrected chi connectivity index (χ1v) is 13.5. The van der Waals surface area contributed by atoms with Crippen LogP contribution in [0.5, 0.6) is 5.75 Å². The van der Waals surface area contributed by atoms with Crippen LogP contribution < -0.4 is 4.74 Å². The minimum atomic E-state index is -1.33. The Kier molecular flexibility index (Phi) is 8.11. The number of fused-ring (bicyclic) bond motifs is 1. The highest BCUT2D eigenvalue weighted by Gasteiger charge is 2.40. The number of benzene rings is 2. The van der Waals surface area contributed by atoms with Crippen molar-refractivity contribution in [2.75, 3.05) is 20.3 Å². The minimum absolute atomic E-state index is 0.0646. The number of esters is 1. The Morgan fingerprint density at radius 2 is 1.78 bits per heavy atom. The first-order valence-electron chi connectivity index (χ1n) is 12.4. The second-order valence-corrected chi connectivity index (χ2v) is 12.1. The largest absolute Gasteiger partial charge is 0.497 e. The van der Waals surface area contributed by atoms with Crippen molar-refractivity contribution in [3.63, 3.8) is 0 Å². The van der Waals surface area contributed by atoms with Crippen molar-refractivity contribution in [2.24, 2.45) is 0 Å². The van der Waals surface area contributed by atoms with Crippen LogP contribution in [0.3, 0.4) is 0 Å². The summed E-state index contributed by atoms with van der Waals surface area (Å²) in [5.74, 6) is 0.263. The summed E-state index contributed by atoms with van der Waals surface area (Å²) in [4.78, 5) is 17.5. The quantitative estimate of drug-likeness (QED) is 0.404. The molecule has 0 saturated carbocycles. The fourth-order valence-electron chi connectivity index (χ4n) is 4.65. The van der Waals surface area contributed by atoms with Crippen LogP contribution in [-0.4, -0.2) is 49.6 Å². The van der Waals surface area contributed by atoms with Crippen molar-refractivity contribution < 1.29 is 23.6 Å². The van der Waals surface area contributed by atoms with E-state index in [1.807, 2.05) is 73.6 Å². The molecule has 0 saturated heterocycles. The Bertz CT molecular complexity index is 1320. The highest BCUT2D eigenvalue weighted by molar-refractivity contribution is 7.84. The molecule has 0 bridgehead atoms. The van der Waals surface area contributed by atoms with E-state index < -0.39 is 21.7 Å². The molecule has 0 fully saturated rings. The standard InChI is InChI=1S/C29H34N2O5S/c1-6-36-28(33)24-17-22-18-31(37(34)29(2,3)4)25(13-14-32)26(22)27(30-24)21-11-7-9-19(15-21)20-10-8-12-23(16-20)35-5/h7-12,15-17,25,32H,6,13-14,18H2,1-5H3/t25-,37?/m1/s1. The summed E-state index contributed by atoms with van der Waals surface area (Å²) >= 11 is 0. The van der Waals surface area contributed by atoms with E-state index in [2.05, 4.69) is 0 Å².